The smallest absolute Gasteiger partial charge is 0.115 e. The first-order valence-corrected chi connectivity index (χ1v) is 4.41. The van der Waals surface area contributed by atoms with Gasteiger partial charge in [-0.1, -0.05) is 13.3 Å². The van der Waals surface area contributed by atoms with Crippen LogP contribution in [0, 0.1) is 0 Å². The van der Waals surface area contributed by atoms with Crippen molar-refractivity contribution in [2.75, 3.05) is 6.54 Å². The molecular formula is C9H15N3O. The predicted molar refractivity (Wildman–Crippen MR) is 49.9 cm³/mol. The lowest BCUT2D eigenvalue weighted by atomic mass is 9.92. The molecule has 0 aliphatic rings. The molecule has 0 aliphatic heterocycles. The molecule has 0 aromatic carbocycles. The van der Waals surface area contributed by atoms with Crippen LogP contribution in [0.15, 0.2) is 18.7 Å². The third kappa shape index (κ3) is 2.23. The van der Waals surface area contributed by atoms with Crippen LogP contribution in [0.4, 0.5) is 0 Å². The van der Waals surface area contributed by atoms with Crippen molar-refractivity contribution in [3.05, 3.63) is 24.3 Å². The summed E-state index contributed by atoms with van der Waals surface area (Å²) in [5, 5.41) is 10.1. The number of nitrogens with two attached hydrogens (primary N) is 1. The fourth-order valence-corrected chi connectivity index (χ4v) is 1.32. The molecular weight excluding hydrogens is 166 g/mol. The van der Waals surface area contributed by atoms with Gasteiger partial charge in [0.05, 0.1) is 0 Å². The standard InChI is InChI=1S/C9H15N3O/c1-2-3-9(13,6-10)8-4-11-7-12-5-8/h4-5,7,13H,2-3,6,10H2,1H3. The van der Waals surface area contributed by atoms with E-state index in [2.05, 4.69) is 9.97 Å². The summed E-state index contributed by atoms with van der Waals surface area (Å²) in [6.45, 7) is 2.21. The maximum absolute atomic E-state index is 10.1. The average Bonchev–Trinajstić information content (AvgIpc) is 2.19. The highest BCUT2D eigenvalue weighted by Gasteiger charge is 2.26. The number of hydrogen-bond donors (Lipinski definition) is 2. The third-order valence-corrected chi connectivity index (χ3v) is 2.10. The second-order valence-electron chi connectivity index (χ2n) is 3.11. The quantitative estimate of drug-likeness (QED) is 0.706. The van der Waals surface area contributed by atoms with Crippen LogP contribution in [0.5, 0.6) is 0 Å². The second kappa shape index (κ2) is 4.30. The Kier molecular flexibility index (Phi) is 3.33. The lowest BCUT2D eigenvalue weighted by Gasteiger charge is -2.25. The predicted octanol–water partition coefficient (Wildman–Crippen LogP) is 0.423. The summed E-state index contributed by atoms with van der Waals surface area (Å²) in [5.74, 6) is 0. The van der Waals surface area contributed by atoms with Gasteiger partial charge in [0.2, 0.25) is 0 Å². The van der Waals surface area contributed by atoms with Gasteiger partial charge in [0.1, 0.15) is 11.9 Å². The van der Waals surface area contributed by atoms with Crippen molar-refractivity contribution in [3.8, 4) is 0 Å². The monoisotopic (exact) mass is 181 g/mol. The lowest BCUT2D eigenvalue weighted by Crippen LogP contribution is -2.34. The number of rotatable bonds is 4. The molecule has 1 rings (SSSR count). The van der Waals surface area contributed by atoms with Gasteiger partial charge in [-0.3, -0.25) is 0 Å². The maximum Gasteiger partial charge on any atom is 0.115 e. The van der Waals surface area contributed by atoms with Gasteiger partial charge >= 0.3 is 0 Å². The third-order valence-electron chi connectivity index (χ3n) is 2.10. The van der Waals surface area contributed by atoms with Gasteiger partial charge in [-0.25, -0.2) is 9.97 Å². The zero-order chi connectivity index (χ0) is 9.73. The first-order chi connectivity index (χ1) is 6.23. The summed E-state index contributed by atoms with van der Waals surface area (Å²) in [7, 11) is 0. The van der Waals surface area contributed by atoms with E-state index in [0.717, 1.165) is 6.42 Å². The minimum Gasteiger partial charge on any atom is -0.384 e. The van der Waals surface area contributed by atoms with E-state index >= 15 is 0 Å². The zero-order valence-electron chi connectivity index (χ0n) is 7.77. The van der Waals surface area contributed by atoms with Gasteiger partial charge in [-0.05, 0) is 6.42 Å². The van der Waals surface area contributed by atoms with Gasteiger partial charge in [-0.15, -0.1) is 0 Å². The summed E-state index contributed by atoms with van der Waals surface area (Å²) in [6.07, 6.45) is 6.16. The lowest BCUT2D eigenvalue weighted by molar-refractivity contribution is 0.0352. The van der Waals surface area contributed by atoms with E-state index in [9.17, 15) is 5.11 Å². The van der Waals surface area contributed by atoms with Gasteiger partial charge < -0.3 is 10.8 Å². The molecule has 0 saturated heterocycles. The fourth-order valence-electron chi connectivity index (χ4n) is 1.32. The number of aliphatic hydroxyl groups is 1. The Morgan fingerprint density at radius 3 is 2.54 bits per heavy atom. The highest BCUT2D eigenvalue weighted by atomic mass is 16.3. The molecule has 0 amide bonds. The molecule has 1 aromatic rings. The van der Waals surface area contributed by atoms with Crippen molar-refractivity contribution in [3.63, 3.8) is 0 Å². The fraction of sp³-hybridized carbons (Fsp3) is 0.556. The highest BCUT2D eigenvalue weighted by Crippen LogP contribution is 2.23. The van der Waals surface area contributed by atoms with Crippen LogP contribution in [0.2, 0.25) is 0 Å². The number of aromatic nitrogens is 2. The highest BCUT2D eigenvalue weighted by molar-refractivity contribution is 5.14. The van der Waals surface area contributed by atoms with Crippen molar-refractivity contribution < 1.29 is 5.11 Å². The van der Waals surface area contributed by atoms with E-state index < -0.39 is 5.60 Å². The Hall–Kier alpha value is -1.00. The van der Waals surface area contributed by atoms with Crippen LogP contribution in [0.3, 0.4) is 0 Å². The van der Waals surface area contributed by atoms with Crippen LogP contribution in [0.25, 0.3) is 0 Å². The summed E-state index contributed by atoms with van der Waals surface area (Å²) < 4.78 is 0. The van der Waals surface area contributed by atoms with Crippen LogP contribution in [-0.4, -0.2) is 21.6 Å². The Labute approximate surface area is 77.8 Å². The summed E-state index contributed by atoms with van der Waals surface area (Å²) in [4.78, 5) is 7.71. The molecule has 13 heavy (non-hydrogen) atoms. The molecule has 4 nitrogen and oxygen atoms in total. The zero-order valence-corrected chi connectivity index (χ0v) is 7.77. The molecule has 1 aromatic heterocycles. The molecule has 72 valence electrons. The maximum atomic E-state index is 10.1. The molecule has 0 saturated carbocycles. The van der Waals surface area contributed by atoms with Gasteiger partial charge in [0, 0.05) is 24.5 Å². The largest absolute Gasteiger partial charge is 0.384 e. The number of hydrogen-bond acceptors (Lipinski definition) is 4. The van der Waals surface area contributed by atoms with Crippen molar-refractivity contribution in [1.82, 2.24) is 9.97 Å². The summed E-state index contributed by atoms with van der Waals surface area (Å²) >= 11 is 0. The van der Waals surface area contributed by atoms with Gasteiger partial charge in [0.15, 0.2) is 0 Å². The van der Waals surface area contributed by atoms with E-state index in [-0.39, 0.29) is 6.54 Å². The molecule has 1 atom stereocenters. The first kappa shape index (κ1) is 10.1. The molecule has 3 N–H and O–H groups in total. The minimum atomic E-state index is -0.962. The van der Waals surface area contributed by atoms with Crippen LogP contribution >= 0.6 is 0 Å². The van der Waals surface area contributed by atoms with E-state index in [1.807, 2.05) is 6.92 Å². The molecule has 0 aliphatic carbocycles. The molecule has 0 bridgehead atoms. The average molecular weight is 181 g/mol. The molecule has 1 unspecified atom stereocenters. The van der Waals surface area contributed by atoms with Crippen molar-refractivity contribution in [2.24, 2.45) is 5.73 Å². The van der Waals surface area contributed by atoms with E-state index in [0.29, 0.717) is 12.0 Å². The van der Waals surface area contributed by atoms with Gasteiger partial charge in [-0.2, -0.15) is 0 Å². The SMILES string of the molecule is CCCC(O)(CN)c1cncnc1. The molecule has 0 spiro atoms. The van der Waals surface area contributed by atoms with E-state index in [1.165, 1.54) is 6.33 Å². The van der Waals surface area contributed by atoms with Crippen molar-refractivity contribution in [2.45, 2.75) is 25.4 Å². The van der Waals surface area contributed by atoms with Crippen LogP contribution in [-0.2, 0) is 5.60 Å². The van der Waals surface area contributed by atoms with Crippen LogP contribution in [0.1, 0.15) is 25.3 Å². The Balaban J connectivity index is 2.89. The normalized spacial score (nSPS) is 15.3. The van der Waals surface area contributed by atoms with Crippen molar-refractivity contribution >= 4 is 0 Å². The molecule has 4 heteroatoms. The van der Waals surface area contributed by atoms with Gasteiger partial charge in [0.25, 0.3) is 0 Å². The minimum absolute atomic E-state index is 0.203. The Morgan fingerprint density at radius 2 is 2.08 bits per heavy atom. The Morgan fingerprint density at radius 1 is 1.46 bits per heavy atom. The topological polar surface area (TPSA) is 72.0 Å². The molecule has 1 heterocycles. The molecule has 0 radical (unpaired) electrons. The number of nitrogens with zero attached hydrogens (tertiary/aromatic N) is 2. The Bertz CT molecular complexity index is 252. The van der Waals surface area contributed by atoms with Crippen LogP contribution < -0.4 is 5.73 Å². The molecule has 0 fully saturated rings. The van der Waals surface area contributed by atoms with E-state index in [1.54, 1.807) is 12.4 Å². The first-order valence-electron chi connectivity index (χ1n) is 4.41. The second-order valence-corrected chi connectivity index (χ2v) is 3.11. The van der Waals surface area contributed by atoms with E-state index in [4.69, 9.17) is 5.73 Å². The summed E-state index contributed by atoms with van der Waals surface area (Å²) in [6, 6.07) is 0. The summed E-state index contributed by atoms with van der Waals surface area (Å²) in [5.41, 5.74) is 5.25. The van der Waals surface area contributed by atoms with Crippen molar-refractivity contribution in [1.29, 1.82) is 0 Å².